The molecule has 0 radical (unpaired) electrons. The quantitative estimate of drug-likeness (QED) is 0.757. The molecule has 0 aromatic carbocycles. The van der Waals surface area contributed by atoms with Crippen molar-refractivity contribution in [3.05, 3.63) is 23.5 Å². The summed E-state index contributed by atoms with van der Waals surface area (Å²) in [7, 11) is 3.22. The third-order valence-electron chi connectivity index (χ3n) is 2.34. The molecule has 0 aliphatic carbocycles. The summed E-state index contributed by atoms with van der Waals surface area (Å²) in [5.41, 5.74) is 7.37. The van der Waals surface area contributed by atoms with Crippen molar-refractivity contribution >= 4 is 5.97 Å². The van der Waals surface area contributed by atoms with E-state index in [1.54, 1.807) is 4.57 Å². The van der Waals surface area contributed by atoms with Crippen LogP contribution in [-0.4, -0.2) is 23.7 Å². The molecule has 1 heterocycles. The summed E-state index contributed by atoms with van der Waals surface area (Å²) < 4.78 is 6.45. The van der Waals surface area contributed by atoms with Crippen molar-refractivity contribution in [2.75, 3.05) is 7.11 Å². The predicted molar refractivity (Wildman–Crippen MR) is 58.7 cm³/mol. The van der Waals surface area contributed by atoms with Crippen LogP contribution in [0.3, 0.4) is 0 Å². The average molecular weight is 210 g/mol. The second kappa shape index (κ2) is 4.98. The summed E-state index contributed by atoms with van der Waals surface area (Å²) in [6, 6.07) is 2.04. The SMILES string of the molecule is COC(=O)c1cc(CC[C@H](C)N)cn1C. The molecule has 0 saturated heterocycles. The summed E-state index contributed by atoms with van der Waals surface area (Å²) >= 11 is 0. The molecule has 15 heavy (non-hydrogen) atoms. The summed E-state index contributed by atoms with van der Waals surface area (Å²) in [5, 5.41) is 0. The van der Waals surface area contributed by atoms with Gasteiger partial charge in [-0.25, -0.2) is 4.79 Å². The van der Waals surface area contributed by atoms with Crippen LogP contribution in [0.1, 0.15) is 29.4 Å². The number of aromatic nitrogens is 1. The molecule has 1 rings (SSSR count). The Morgan fingerprint density at radius 1 is 1.67 bits per heavy atom. The second-order valence-corrected chi connectivity index (χ2v) is 3.85. The minimum absolute atomic E-state index is 0.187. The summed E-state index contributed by atoms with van der Waals surface area (Å²) in [4.78, 5) is 11.3. The summed E-state index contributed by atoms with van der Waals surface area (Å²) in [5.74, 6) is -0.301. The molecule has 2 N–H and O–H groups in total. The van der Waals surface area contributed by atoms with Crippen molar-refractivity contribution in [1.29, 1.82) is 0 Å². The van der Waals surface area contributed by atoms with E-state index in [1.807, 2.05) is 26.2 Å². The van der Waals surface area contributed by atoms with E-state index in [9.17, 15) is 4.79 Å². The molecule has 4 heteroatoms. The zero-order valence-corrected chi connectivity index (χ0v) is 9.49. The van der Waals surface area contributed by atoms with Gasteiger partial charge >= 0.3 is 5.97 Å². The van der Waals surface area contributed by atoms with Crippen molar-refractivity contribution in [1.82, 2.24) is 4.57 Å². The van der Waals surface area contributed by atoms with Crippen LogP contribution in [0.25, 0.3) is 0 Å². The van der Waals surface area contributed by atoms with Gasteiger partial charge in [0.1, 0.15) is 5.69 Å². The summed E-state index contributed by atoms with van der Waals surface area (Å²) in [6.07, 6.45) is 3.75. The predicted octanol–water partition coefficient (Wildman–Crippen LogP) is 1.09. The van der Waals surface area contributed by atoms with Gasteiger partial charge in [0.15, 0.2) is 0 Å². The van der Waals surface area contributed by atoms with E-state index in [-0.39, 0.29) is 12.0 Å². The Labute approximate surface area is 90.0 Å². The van der Waals surface area contributed by atoms with Crippen LogP contribution >= 0.6 is 0 Å². The topological polar surface area (TPSA) is 57.2 Å². The van der Waals surface area contributed by atoms with Gasteiger partial charge in [0.2, 0.25) is 0 Å². The maximum atomic E-state index is 11.3. The van der Waals surface area contributed by atoms with Gasteiger partial charge in [-0.15, -0.1) is 0 Å². The van der Waals surface area contributed by atoms with Crippen LogP contribution in [0, 0.1) is 0 Å². The number of carbonyl (C=O) groups is 1. The van der Waals surface area contributed by atoms with Gasteiger partial charge in [-0.3, -0.25) is 0 Å². The minimum atomic E-state index is -0.301. The maximum Gasteiger partial charge on any atom is 0.354 e. The van der Waals surface area contributed by atoms with Gasteiger partial charge < -0.3 is 15.0 Å². The van der Waals surface area contributed by atoms with Crippen molar-refractivity contribution in [3.63, 3.8) is 0 Å². The molecule has 1 aromatic rings. The molecule has 84 valence electrons. The Bertz CT molecular complexity index is 342. The van der Waals surface area contributed by atoms with Crippen LogP contribution in [-0.2, 0) is 18.2 Å². The number of rotatable bonds is 4. The smallest absolute Gasteiger partial charge is 0.354 e. The third-order valence-corrected chi connectivity index (χ3v) is 2.34. The van der Waals surface area contributed by atoms with Gasteiger partial charge in [-0.1, -0.05) is 0 Å². The van der Waals surface area contributed by atoms with E-state index < -0.39 is 0 Å². The van der Waals surface area contributed by atoms with Crippen LogP contribution in [0.2, 0.25) is 0 Å². The Morgan fingerprint density at radius 2 is 2.33 bits per heavy atom. The Kier molecular flexibility index (Phi) is 3.91. The van der Waals surface area contributed by atoms with Gasteiger partial charge in [0.25, 0.3) is 0 Å². The number of methoxy groups -OCH3 is 1. The molecule has 0 fully saturated rings. The maximum absolute atomic E-state index is 11.3. The van der Waals surface area contributed by atoms with E-state index >= 15 is 0 Å². The fourth-order valence-corrected chi connectivity index (χ4v) is 1.47. The number of ether oxygens (including phenoxy) is 1. The van der Waals surface area contributed by atoms with E-state index in [2.05, 4.69) is 4.74 Å². The highest BCUT2D eigenvalue weighted by Crippen LogP contribution is 2.11. The molecule has 0 amide bonds. The molecule has 1 atom stereocenters. The number of hydrogen-bond donors (Lipinski definition) is 1. The number of aryl methyl sites for hydroxylation is 2. The van der Waals surface area contributed by atoms with Gasteiger partial charge in [0, 0.05) is 19.3 Å². The molecule has 0 saturated carbocycles. The molecule has 0 bridgehead atoms. The van der Waals surface area contributed by atoms with Crippen molar-refractivity contribution in [2.24, 2.45) is 12.8 Å². The molecule has 0 unspecified atom stereocenters. The zero-order valence-electron chi connectivity index (χ0n) is 9.49. The number of nitrogens with zero attached hydrogens (tertiary/aromatic N) is 1. The molecule has 1 aromatic heterocycles. The van der Waals surface area contributed by atoms with Crippen LogP contribution in [0.4, 0.5) is 0 Å². The standard InChI is InChI=1S/C11H18N2O2/c1-8(12)4-5-9-6-10(11(14)15-3)13(2)7-9/h6-8H,4-5,12H2,1-3H3/t8-/m0/s1. The number of esters is 1. The lowest BCUT2D eigenvalue weighted by atomic mass is 10.1. The molecule has 0 aliphatic heterocycles. The first-order chi connectivity index (χ1) is 7.04. The van der Waals surface area contributed by atoms with Crippen molar-refractivity contribution in [3.8, 4) is 0 Å². The second-order valence-electron chi connectivity index (χ2n) is 3.85. The largest absolute Gasteiger partial charge is 0.464 e. The van der Waals surface area contributed by atoms with E-state index in [0.29, 0.717) is 5.69 Å². The lowest BCUT2D eigenvalue weighted by Gasteiger charge is -2.01. The van der Waals surface area contributed by atoms with E-state index in [4.69, 9.17) is 5.73 Å². The molecule has 0 spiro atoms. The molecule has 4 nitrogen and oxygen atoms in total. The highest BCUT2D eigenvalue weighted by atomic mass is 16.5. The lowest BCUT2D eigenvalue weighted by molar-refractivity contribution is 0.0590. The first kappa shape index (κ1) is 11.8. The third kappa shape index (κ3) is 3.09. The average Bonchev–Trinajstić information content (AvgIpc) is 2.55. The molecular weight excluding hydrogens is 192 g/mol. The minimum Gasteiger partial charge on any atom is -0.464 e. The first-order valence-corrected chi connectivity index (χ1v) is 5.03. The highest BCUT2D eigenvalue weighted by molar-refractivity contribution is 5.87. The Hall–Kier alpha value is -1.29. The van der Waals surface area contributed by atoms with Crippen LogP contribution in [0.15, 0.2) is 12.3 Å². The van der Waals surface area contributed by atoms with E-state index in [1.165, 1.54) is 7.11 Å². The monoisotopic (exact) mass is 210 g/mol. The van der Waals surface area contributed by atoms with Crippen molar-refractivity contribution < 1.29 is 9.53 Å². The Balaban J connectivity index is 2.72. The molecule has 0 aliphatic rings. The zero-order chi connectivity index (χ0) is 11.4. The number of hydrogen-bond acceptors (Lipinski definition) is 3. The fraction of sp³-hybridized carbons (Fsp3) is 0.545. The fourth-order valence-electron chi connectivity index (χ4n) is 1.47. The normalized spacial score (nSPS) is 12.5. The number of carbonyl (C=O) groups excluding carboxylic acids is 1. The summed E-state index contributed by atoms with van der Waals surface area (Å²) in [6.45, 7) is 1.98. The Morgan fingerprint density at radius 3 is 2.87 bits per heavy atom. The molecular formula is C11H18N2O2. The van der Waals surface area contributed by atoms with E-state index in [0.717, 1.165) is 18.4 Å². The first-order valence-electron chi connectivity index (χ1n) is 5.03. The van der Waals surface area contributed by atoms with Crippen LogP contribution in [0.5, 0.6) is 0 Å². The van der Waals surface area contributed by atoms with Gasteiger partial charge in [0.05, 0.1) is 7.11 Å². The lowest BCUT2D eigenvalue weighted by Crippen LogP contribution is -2.15. The highest BCUT2D eigenvalue weighted by Gasteiger charge is 2.11. The van der Waals surface area contributed by atoms with Crippen LogP contribution < -0.4 is 5.73 Å². The number of nitrogens with two attached hydrogens (primary N) is 1. The van der Waals surface area contributed by atoms with Crippen molar-refractivity contribution in [2.45, 2.75) is 25.8 Å². The van der Waals surface area contributed by atoms with Gasteiger partial charge in [-0.2, -0.15) is 0 Å². The van der Waals surface area contributed by atoms with Gasteiger partial charge in [-0.05, 0) is 31.4 Å².